The van der Waals surface area contributed by atoms with E-state index in [-0.39, 0.29) is 27.2 Å². The summed E-state index contributed by atoms with van der Waals surface area (Å²) in [7, 11) is 0. The highest BCUT2D eigenvalue weighted by atomic mass is 35.5. The van der Waals surface area contributed by atoms with Crippen molar-refractivity contribution in [2.45, 2.75) is 18.2 Å². The number of hydrogen-bond donors (Lipinski definition) is 2. The Morgan fingerprint density at radius 3 is 2.32 bits per heavy atom. The summed E-state index contributed by atoms with van der Waals surface area (Å²) >= 11 is 11.8. The van der Waals surface area contributed by atoms with Crippen LogP contribution in [0.1, 0.15) is 27.0 Å². The van der Waals surface area contributed by atoms with E-state index in [1.54, 1.807) is 24.3 Å². The molecule has 3 aromatic rings. The smallest absolute Gasteiger partial charge is 0.352 e. The first-order valence-electron chi connectivity index (χ1n) is 10.3. The van der Waals surface area contributed by atoms with Gasteiger partial charge in [0, 0.05) is 17.7 Å². The molecule has 0 fully saturated rings. The average molecular weight is 507 g/mol. The Hall–Kier alpha value is -3.00. The Balaban J connectivity index is 1.50. The maximum Gasteiger partial charge on any atom is 0.428 e. The average Bonchev–Trinajstić information content (AvgIpc) is 3.29. The van der Waals surface area contributed by atoms with Crippen LogP contribution in [0.2, 0.25) is 10.0 Å². The molecule has 0 aromatic heterocycles. The van der Waals surface area contributed by atoms with Crippen LogP contribution in [0, 0.1) is 0 Å². The van der Waals surface area contributed by atoms with E-state index >= 15 is 0 Å². The van der Waals surface area contributed by atoms with Gasteiger partial charge in [-0.25, -0.2) is 0 Å². The minimum atomic E-state index is -4.78. The van der Waals surface area contributed by atoms with Gasteiger partial charge in [0.1, 0.15) is 0 Å². The summed E-state index contributed by atoms with van der Waals surface area (Å²) < 4.78 is 42.3. The highest BCUT2D eigenvalue weighted by Crippen LogP contribution is 2.48. The summed E-state index contributed by atoms with van der Waals surface area (Å²) in [5.74, 6) is -0.271. The van der Waals surface area contributed by atoms with Gasteiger partial charge in [-0.05, 0) is 47.9 Å². The lowest BCUT2D eigenvalue weighted by molar-refractivity contribution is -0.269. The molecule has 1 amide bonds. The van der Waals surface area contributed by atoms with Crippen LogP contribution in [0.15, 0.2) is 78.9 Å². The van der Waals surface area contributed by atoms with E-state index in [4.69, 9.17) is 28.0 Å². The number of hydrogen-bond acceptors (Lipinski definition) is 3. The zero-order chi connectivity index (χ0) is 24.3. The number of halogens is 5. The molecule has 1 atom stereocenters. The SMILES string of the molecule is O=C(NCCc1ccccc1)c1ccc(C2=CC(c3ccc(Cl)c(Cl)c3)(C(F)(F)F)ON2)cc1. The van der Waals surface area contributed by atoms with Gasteiger partial charge in [-0.1, -0.05) is 71.7 Å². The van der Waals surface area contributed by atoms with E-state index in [1.807, 2.05) is 30.3 Å². The predicted octanol–water partition coefficient (Wildman–Crippen LogP) is 6.30. The fourth-order valence-corrected chi connectivity index (χ4v) is 3.88. The van der Waals surface area contributed by atoms with E-state index in [1.165, 1.54) is 12.1 Å². The number of hydroxylamine groups is 1. The van der Waals surface area contributed by atoms with Gasteiger partial charge in [-0.15, -0.1) is 0 Å². The van der Waals surface area contributed by atoms with Gasteiger partial charge in [-0.3, -0.25) is 15.1 Å². The van der Waals surface area contributed by atoms with Gasteiger partial charge in [0.15, 0.2) is 0 Å². The molecule has 0 saturated heterocycles. The minimum Gasteiger partial charge on any atom is -0.352 e. The summed E-state index contributed by atoms with van der Waals surface area (Å²) in [6.45, 7) is 0.461. The van der Waals surface area contributed by atoms with Crippen LogP contribution in [-0.4, -0.2) is 18.6 Å². The first-order valence-corrected chi connectivity index (χ1v) is 11.1. The van der Waals surface area contributed by atoms with Crippen molar-refractivity contribution >= 4 is 34.8 Å². The molecule has 1 aliphatic rings. The third-order valence-corrected chi connectivity index (χ3v) is 6.18. The molecule has 4 nitrogen and oxygen atoms in total. The monoisotopic (exact) mass is 506 g/mol. The van der Waals surface area contributed by atoms with Crippen molar-refractivity contribution in [2.24, 2.45) is 0 Å². The topological polar surface area (TPSA) is 50.4 Å². The molecule has 0 aliphatic carbocycles. The maximum atomic E-state index is 14.1. The molecule has 1 unspecified atom stereocenters. The molecule has 2 N–H and O–H groups in total. The molecule has 0 spiro atoms. The van der Waals surface area contributed by atoms with Gasteiger partial charge in [0.2, 0.25) is 5.60 Å². The van der Waals surface area contributed by atoms with Crippen LogP contribution in [0.4, 0.5) is 13.2 Å². The summed E-state index contributed by atoms with van der Waals surface area (Å²) in [6.07, 6.45) is -3.15. The molecule has 1 aliphatic heterocycles. The van der Waals surface area contributed by atoms with Crippen molar-refractivity contribution in [3.05, 3.63) is 111 Å². The molecule has 0 radical (unpaired) electrons. The molecule has 3 aromatic carbocycles. The van der Waals surface area contributed by atoms with Crippen molar-refractivity contribution in [1.82, 2.24) is 10.8 Å². The third-order valence-electron chi connectivity index (χ3n) is 5.44. The Labute approximate surface area is 204 Å². The Kier molecular flexibility index (Phi) is 6.89. The Morgan fingerprint density at radius 2 is 1.68 bits per heavy atom. The van der Waals surface area contributed by atoms with Gasteiger partial charge < -0.3 is 5.32 Å². The summed E-state index contributed by atoms with van der Waals surface area (Å²) in [5.41, 5.74) is 1.44. The van der Waals surface area contributed by atoms with Crippen molar-refractivity contribution in [1.29, 1.82) is 0 Å². The lowest BCUT2D eigenvalue weighted by Gasteiger charge is -2.28. The van der Waals surface area contributed by atoms with Crippen molar-refractivity contribution in [3.8, 4) is 0 Å². The van der Waals surface area contributed by atoms with Crippen LogP contribution in [0.3, 0.4) is 0 Å². The molecule has 0 saturated carbocycles. The summed E-state index contributed by atoms with van der Waals surface area (Å²) in [5, 5.41) is 2.95. The van der Waals surface area contributed by atoms with Crippen molar-refractivity contribution < 1.29 is 22.8 Å². The second-order valence-corrected chi connectivity index (χ2v) is 8.51. The Bertz CT molecular complexity index is 1220. The van der Waals surface area contributed by atoms with Crippen LogP contribution in [0.25, 0.3) is 5.70 Å². The molecule has 176 valence electrons. The molecule has 1 heterocycles. The predicted molar refractivity (Wildman–Crippen MR) is 125 cm³/mol. The Morgan fingerprint density at radius 1 is 0.971 bits per heavy atom. The fourth-order valence-electron chi connectivity index (χ4n) is 3.58. The first kappa shape index (κ1) is 24.1. The van der Waals surface area contributed by atoms with Gasteiger partial charge >= 0.3 is 6.18 Å². The van der Waals surface area contributed by atoms with Crippen LogP contribution >= 0.6 is 23.2 Å². The van der Waals surface area contributed by atoms with Crippen molar-refractivity contribution in [3.63, 3.8) is 0 Å². The number of alkyl halides is 3. The number of carbonyl (C=O) groups is 1. The minimum absolute atomic E-state index is 0.0177. The molecule has 4 rings (SSSR count). The van der Waals surface area contributed by atoms with Crippen molar-refractivity contribution in [2.75, 3.05) is 6.54 Å². The number of rotatable bonds is 6. The zero-order valence-electron chi connectivity index (χ0n) is 17.6. The van der Waals surface area contributed by atoms with Gasteiger partial charge in [-0.2, -0.15) is 13.2 Å². The highest BCUT2D eigenvalue weighted by molar-refractivity contribution is 6.42. The normalized spacial score (nSPS) is 17.7. The van der Waals surface area contributed by atoms with E-state index in [0.29, 0.717) is 24.1 Å². The van der Waals surface area contributed by atoms with Gasteiger partial charge in [0.05, 0.1) is 15.7 Å². The van der Waals surface area contributed by atoms with E-state index < -0.39 is 11.8 Å². The maximum absolute atomic E-state index is 14.1. The third kappa shape index (κ3) is 4.92. The number of benzene rings is 3. The van der Waals surface area contributed by atoms with E-state index in [9.17, 15) is 18.0 Å². The number of amides is 1. The number of nitrogens with one attached hydrogen (secondary N) is 2. The van der Waals surface area contributed by atoms with E-state index in [0.717, 1.165) is 17.7 Å². The quantitative estimate of drug-likeness (QED) is 0.412. The zero-order valence-corrected chi connectivity index (χ0v) is 19.1. The second-order valence-electron chi connectivity index (χ2n) is 7.69. The molecule has 9 heteroatoms. The lowest BCUT2D eigenvalue weighted by atomic mass is 9.91. The molecular formula is C25H19Cl2F3N2O2. The number of carbonyl (C=O) groups excluding carboxylic acids is 1. The molecular weight excluding hydrogens is 488 g/mol. The first-order chi connectivity index (χ1) is 16.2. The molecule has 34 heavy (non-hydrogen) atoms. The lowest BCUT2D eigenvalue weighted by Crippen LogP contribution is -2.42. The summed E-state index contributed by atoms with van der Waals surface area (Å²) in [4.78, 5) is 17.5. The molecule has 0 bridgehead atoms. The standard InChI is InChI=1S/C25H19Cl2F3N2O2/c26-20-11-10-19(14-21(20)27)24(25(28,29)30)15-22(32-34-24)17-6-8-18(9-7-17)23(33)31-13-12-16-4-2-1-3-5-16/h1-11,14-15,32H,12-13H2,(H,31,33). The fraction of sp³-hybridized carbons (Fsp3) is 0.160. The van der Waals surface area contributed by atoms with Crippen LogP contribution in [0.5, 0.6) is 0 Å². The highest BCUT2D eigenvalue weighted by Gasteiger charge is 2.59. The van der Waals surface area contributed by atoms with Crippen LogP contribution < -0.4 is 10.8 Å². The second kappa shape index (κ2) is 9.70. The van der Waals surface area contributed by atoms with E-state index in [2.05, 4.69) is 10.8 Å². The largest absolute Gasteiger partial charge is 0.428 e. The summed E-state index contributed by atoms with van der Waals surface area (Å²) in [6, 6.07) is 19.6. The van der Waals surface area contributed by atoms with Gasteiger partial charge in [0.25, 0.3) is 5.91 Å². The van der Waals surface area contributed by atoms with Crippen LogP contribution in [-0.2, 0) is 16.9 Å².